The maximum Gasteiger partial charge on any atom is 0.328 e. The molecule has 1 amide bonds. The van der Waals surface area contributed by atoms with E-state index in [4.69, 9.17) is 5.11 Å². The molecule has 0 saturated heterocycles. The Labute approximate surface area is 126 Å². The van der Waals surface area contributed by atoms with E-state index in [1.165, 1.54) is 17.4 Å². The number of hydrogen-bond donors (Lipinski definition) is 2. The predicted octanol–water partition coefficient (Wildman–Crippen LogP) is 3.06. The first-order chi connectivity index (χ1) is 10.1. The van der Waals surface area contributed by atoms with Gasteiger partial charge in [-0.15, -0.1) is 11.3 Å². The molecule has 2 heterocycles. The number of aromatic nitrogens is 1. The van der Waals surface area contributed by atoms with Gasteiger partial charge < -0.3 is 10.4 Å². The largest absolute Gasteiger partial charge is 0.478 e. The number of thiophene rings is 1. The molecule has 0 aliphatic heterocycles. The van der Waals surface area contributed by atoms with Crippen LogP contribution in [-0.4, -0.2) is 22.0 Å². The fraction of sp³-hybridized carbons (Fsp3) is 0.133. The highest BCUT2D eigenvalue weighted by atomic mass is 32.1. The SMILES string of the molecule is CCc1ccsc1C(=O)Nc1cccc(/C=C/C(=O)O)n1. The van der Waals surface area contributed by atoms with Crippen molar-refractivity contribution < 1.29 is 14.7 Å². The summed E-state index contributed by atoms with van der Waals surface area (Å²) in [5.41, 5.74) is 1.47. The van der Waals surface area contributed by atoms with Gasteiger partial charge in [-0.1, -0.05) is 13.0 Å². The smallest absolute Gasteiger partial charge is 0.328 e. The summed E-state index contributed by atoms with van der Waals surface area (Å²) in [4.78, 5) is 27.5. The van der Waals surface area contributed by atoms with E-state index in [1.54, 1.807) is 18.2 Å². The van der Waals surface area contributed by atoms with Crippen LogP contribution in [-0.2, 0) is 11.2 Å². The minimum Gasteiger partial charge on any atom is -0.478 e. The molecule has 0 unspecified atom stereocenters. The van der Waals surface area contributed by atoms with E-state index in [1.807, 2.05) is 18.4 Å². The van der Waals surface area contributed by atoms with Crippen molar-refractivity contribution in [2.45, 2.75) is 13.3 Å². The molecule has 2 rings (SSSR count). The second kappa shape index (κ2) is 6.81. The molecule has 0 bridgehead atoms. The van der Waals surface area contributed by atoms with E-state index < -0.39 is 5.97 Å². The number of amides is 1. The number of hydrogen-bond acceptors (Lipinski definition) is 4. The minimum atomic E-state index is -1.04. The van der Waals surface area contributed by atoms with Gasteiger partial charge in [-0.3, -0.25) is 4.79 Å². The lowest BCUT2D eigenvalue weighted by Gasteiger charge is -2.05. The van der Waals surface area contributed by atoms with Gasteiger partial charge in [0.1, 0.15) is 5.82 Å². The second-order valence-corrected chi connectivity index (χ2v) is 5.12. The fourth-order valence-corrected chi connectivity index (χ4v) is 2.65. The number of aryl methyl sites for hydroxylation is 1. The van der Waals surface area contributed by atoms with Crippen molar-refractivity contribution >= 4 is 35.1 Å². The second-order valence-electron chi connectivity index (χ2n) is 4.20. The molecular formula is C15H14N2O3S. The number of nitrogens with zero attached hydrogens (tertiary/aromatic N) is 1. The summed E-state index contributed by atoms with van der Waals surface area (Å²) in [5, 5.41) is 13.2. The standard InChI is InChI=1S/C15H14N2O3S/c1-2-10-8-9-21-14(10)15(20)17-12-5-3-4-11(16-12)6-7-13(18)19/h3-9H,2H2,1H3,(H,18,19)(H,16,17,20)/b7-6+. The number of carboxylic acids is 1. The number of nitrogens with one attached hydrogen (secondary N) is 1. The monoisotopic (exact) mass is 302 g/mol. The zero-order chi connectivity index (χ0) is 15.2. The number of pyridine rings is 1. The molecule has 0 atom stereocenters. The maximum absolute atomic E-state index is 12.2. The summed E-state index contributed by atoms with van der Waals surface area (Å²) in [7, 11) is 0. The molecule has 2 N–H and O–H groups in total. The van der Waals surface area contributed by atoms with Gasteiger partial charge in [0, 0.05) is 6.08 Å². The number of rotatable bonds is 5. The molecule has 0 spiro atoms. The van der Waals surface area contributed by atoms with E-state index in [2.05, 4.69) is 10.3 Å². The van der Waals surface area contributed by atoms with Crippen LogP contribution in [0, 0.1) is 0 Å². The van der Waals surface area contributed by atoms with E-state index in [9.17, 15) is 9.59 Å². The zero-order valence-corrected chi connectivity index (χ0v) is 12.2. The third-order valence-electron chi connectivity index (χ3n) is 2.74. The van der Waals surface area contributed by atoms with Crippen LogP contribution in [0.1, 0.15) is 27.9 Å². The first-order valence-electron chi connectivity index (χ1n) is 6.36. The van der Waals surface area contributed by atoms with Gasteiger partial charge in [-0.2, -0.15) is 0 Å². The van der Waals surface area contributed by atoms with E-state index in [-0.39, 0.29) is 5.91 Å². The van der Waals surface area contributed by atoms with Gasteiger partial charge in [0.25, 0.3) is 5.91 Å². The Balaban J connectivity index is 2.14. The average molecular weight is 302 g/mol. The third kappa shape index (κ3) is 4.00. The molecule has 108 valence electrons. The first-order valence-corrected chi connectivity index (χ1v) is 7.24. The Kier molecular flexibility index (Phi) is 4.84. The lowest BCUT2D eigenvalue weighted by atomic mass is 10.2. The number of carbonyl (C=O) groups excluding carboxylic acids is 1. The van der Waals surface area contributed by atoms with E-state index in [0.29, 0.717) is 16.4 Å². The molecular weight excluding hydrogens is 288 g/mol. The molecule has 0 radical (unpaired) electrons. The van der Waals surface area contributed by atoms with Crippen LogP contribution in [0.5, 0.6) is 0 Å². The normalized spacial score (nSPS) is 10.7. The van der Waals surface area contributed by atoms with Gasteiger partial charge in [0.15, 0.2) is 0 Å². The van der Waals surface area contributed by atoms with Crippen molar-refractivity contribution in [3.05, 3.63) is 51.9 Å². The molecule has 2 aromatic rings. The molecule has 0 fully saturated rings. The van der Waals surface area contributed by atoms with Crippen molar-refractivity contribution in [3.63, 3.8) is 0 Å². The zero-order valence-electron chi connectivity index (χ0n) is 11.4. The summed E-state index contributed by atoms with van der Waals surface area (Å²) in [6.45, 7) is 1.99. The highest BCUT2D eigenvalue weighted by Gasteiger charge is 2.12. The van der Waals surface area contributed by atoms with E-state index >= 15 is 0 Å². The highest BCUT2D eigenvalue weighted by molar-refractivity contribution is 7.12. The topological polar surface area (TPSA) is 79.3 Å². The van der Waals surface area contributed by atoms with Crippen molar-refractivity contribution in [2.24, 2.45) is 0 Å². The van der Waals surface area contributed by atoms with Crippen LogP contribution in [0.2, 0.25) is 0 Å². The van der Waals surface area contributed by atoms with Gasteiger partial charge in [0.05, 0.1) is 10.6 Å². The quantitative estimate of drug-likeness (QED) is 0.832. The number of carboxylic acid groups (broad SMARTS) is 1. The molecule has 0 aliphatic carbocycles. The molecule has 5 nitrogen and oxygen atoms in total. The molecule has 6 heteroatoms. The van der Waals surface area contributed by atoms with Gasteiger partial charge in [0.2, 0.25) is 0 Å². The fourth-order valence-electron chi connectivity index (χ4n) is 1.76. The van der Waals surface area contributed by atoms with E-state index in [0.717, 1.165) is 18.1 Å². The van der Waals surface area contributed by atoms with Gasteiger partial charge >= 0.3 is 5.97 Å². The Morgan fingerprint density at radius 2 is 2.19 bits per heavy atom. The van der Waals surface area contributed by atoms with Crippen molar-refractivity contribution in [1.82, 2.24) is 4.98 Å². The van der Waals surface area contributed by atoms with Crippen molar-refractivity contribution in [1.29, 1.82) is 0 Å². The van der Waals surface area contributed by atoms with Crippen LogP contribution < -0.4 is 5.32 Å². The van der Waals surface area contributed by atoms with Crippen LogP contribution >= 0.6 is 11.3 Å². The van der Waals surface area contributed by atoms with Crippen LogP contribution in [0.3, 0.4) is 0 Å². The highest BCUT2D eigenvalue weighted by Crippen LogP contribution is 2.19. The molecule has 2 aromatic heterocycles. The summed E-state index contributed by atoms with van der Waals surface area (Å²) in [6.07, 6.45) is 3.17. The van der Waals surface area contributed by atoms with Gasteiger partial charge in [-0.25, -0.2) is 9.78 Å². The van der Waals surface area contributed by atoms with Crippen LogP contribution in [0.15, 0.2) is 35.7 Å². The van der Waals surface area contributed by atoms with Crippen LogP contribution in [0.4, 0.5) is 5.82 Å². The summed E-state index contributed by atoms with van der Waals surface area (Å²) >= 11 is 1.39. The summed E-state index contributed by atoms with van der Waals surface area (Å²) in [5.74, 6) is -0.853. The van der Waals surface area contributed by atoms with Crippen LogP contribution in [0.25, 0.3) is 6.08 Å². The lowest BCUT2D eigenvalue weighted by molar-refractivity contribution is -0.131. The molecule has 0 aromatic carbocycles. The summed E-state index contributed by atoms with van der Waals surface area (Å²) in [6, 6.07) is 6.96. The Morgan fingerprint density at radius 3 is 2.90 bits per heavy atom. The summed E-state index contributed by atoms with van der Waals surface area (Å²) < 4.78 is 0. The number of carbonyl (C=O) groups is 2. The number of anilines is 1. The number of aliphatic carboxylic acids is 1. The van der Waals surface area contributed by atoms with Crippen molar-refractivity contribution in [2.75, 3.05) is 5.32 Å². The Morgan fingerprint density at radius 1 is 1.38 bits per heavy atom. The lowest BCUT2D eigenvalue weighted by Crippen LogP contribution is -2.13. The third-order valence-corrected chi connectivity index (χ3v) is 3.70. The molecule has 0 saturated carbocycles. The minimum absolute atomic E-state index is 0.200. The van der Waals surface area contributed by atoms with Gasteiger partial charge in [-0.05, 0) is 41.6 Å². The average Bonchev–Trinajstić information content (AvgIpc) is 2.94. The molecule has 0 aliphatic rings. The maximum atomic E-state index is 12.2. The van der Waals surface area contributed by atoms with Crippen molar-refractivity contribution in [3.8, 4) is 0 Å². The predicted molar refractivity (Wildman–Crippen MR) is 82.6 cm³/mol. The Bertz CT molecular complexity index is 692. The first kappa shape index (κ1) is 14.9. The molecule has 21 heavy (non-hydrogen) atoms. The Hall–Kier alpha value is -2.47.